The van der Waals surface area contributed by atoms with Gasteiger partial charge in [0.2, 0.25) is 5.91 Å². The van der Waals surface area contributed by atoms with Gasteiger partial charge in [0.1, 0.15) is 0 Å². The molecular weight excluding hydrogens is 344 g/mol. The van der Waals surface area contributed by atoms with Gasteiger partial charge >= 0.3 is 5.97 Å². The summed E-state index contributed by atoms with van der Waals surface area (Å²) >= 11 is 0. The molecule has 2 fully saturated rings. The van der Waals surface area contributed by atoms with Crippen molar-refractivity contribution >= 4 is 23.5 Å². The predicted octanol–water partition coefficient (Wildman–Crippen LogP) is 3.53. The van der Waals surface area contributed by atoms with Crippen LogP contribution in [0.4, 0.5) is 5.69 Å². The molecule has 0 aromatic heterocycles. The number of piperidine rings is 1. The molecule has 1 heterocycles. The van der Waals surface area contributed by atoms with E-state index >= 15 is 0 Å². The van der Waals surface area contributed by atoms with Gasteiger partial charge < -0.3 is 15.3 Å². The second kappa shape index (κ2) is 8.11. The Bertz CT molecular complexity index is 699. The first-order valence-corrected chi connectivity index (χ1v) is 9.89. The second-order valence-corrected chi connectivity index (χ2v) is 7.78. The van der Waals surface area contributed by atoms with E-state index in [2.05, 4.69) is 12.2 Å². The highest BCUT2D eigenvalue weighted by molar-refractivity contribution is 5.97. The predicted molar refractivity (Wildman–Crippen MR) is 103 cm³/mol. The standard InChI is InChI=1S/C21H28N2O4/c1-2-21(11-3-4-12-21)20(27)22-17-7-5-15(6-8-17)18(24)23-13-9-16(10-14-23)19(25)26/h5-8,16H,2-4,9-14H2,1H3,(H,22,27)(H,25,26). The minimum atomic E-state index is -0.783. The lowest BCUT2D eigenvalue weighted by atomic mass is 9.82. The summed E-state index contributed by atoms with van der Waals surface area (Å²) in [5.41, 5.74) is 1.02. The molecule has 3 rings (SSSR count). The second-order valence-electron chi connectivity index (χ2n) is 7.78. The van der Waals surface area contributed by atoms with Crippen molar-refractivity contribution < 1.29 is 19.5 Å². The molecule has 27 heavy (non-hydrogen) atoms. The third kappa shape index (κ3) is 4.15. The number of carboxylic acid groups (broad SMARTS) is 1. The number of hydrogen-bond donors (Lipinski definition) is 2. The highest BCUT2D eigenvalue weighted by Crippen LogP contribution is 2.41. The number of benzene rings is 1. The lowest BCUT2D eigenvalue weighted by Crippen LogP contribution is -2.40. The summed E-state index contributed by atoms with van der Waals surface area (Å²) in [5.74, 6) is -1.14. The summed E-state index contributed by atoms with van der Waals surface area (Å²) < 4.78 is 0. The van der Waals surface area contributed by atoms with Gasteiger partial charge in [0.15, 0.2) is 0 Å². The van der Waals surface area contributed by atoms with Gasteiger partial charge in [-0.2, -0.15) is 0 Å². The fourth-order valence-electron chi connectivity index (χ4n) is 4.26. The number of hydrogen-bond acceptors (Lipinski definition) is 3. The number of carbonyl (C=O) groups excluding carboxylic acids is 2. The Morgan fingerprint density at radius 2 is 1.70 bits per heavy atom. The Balaban J connectivity index is 1.59. The van der Waals surface area contributed by atoms with Gasteiger partial charge in [-0.15, -0.1) is 0 Å². The number of aliphatic carboxylic acids is 1. The van der Waals surface area contributed by atoms with E-state index in [-0.39, 0.29) is 23.1 Å². The molecule has 0 spiro atoms. The molecule has 1 aromatic rings. The molecule has 2 N–H and O–H groups in total. The lowest BCUT2D eigenvalue weighted by Gasteiger charge is -2.30. The van der Waals surface area contributed by atoms with E-state index < -0.39 is 5.97 Å². The molecule has 0 radical (unpaired) electrons. The maximum atomic E-state index is 12.7. The fraction of sp³-hybridized carbons (Fsp3) is 0.571. The van der Waals surface area contributed by atoms with Crippen molar-refractivity contribution in [3.63, 3.8) is 0 Å². The van der Waals surface area contributed by atoms with Gasteiger partial charge in [0, 0.05) is 29.8 Å². The monoisotopic (exact) mass is 372 g/mol. The number of likely N-dealkylation sites (tertiary alicyclic amines) is 1. The van der Waals surface area contributed by atoms with Gasteiger partial charge in [-0.05, 0) is 56.4 Å². The Morgan fingerprint density at radius 1 is 1.11 bits per heavy atom. The van der Waals surface area contributed by atoms with Gasteiger partial charge in [0.05, 0.1) is 5.92 Å². The number of carbonyl (C=O) groups is 3. The normalized spacial score (nSPS) is 19.7. The average molecular weight is 372 g/mol. The van der Waals surface area contributed by atoms with Crippen molar-refractivity contribution in [2.24, 2.45) is 11.3 Å². The number of carboxylic acids is 1. The van der Waals surface area contributed by atoms with E-state index in [1.54, 1.807) is 29.2 Å². The first-order chi connectivity index (χ1) is 12.9. The van der Waals surface area contributed by atoms with Crippen LogP contribution in [0.5, 0.6) is 0 Å². The molecule has 1 saturated heterocycles. The molecule has 146 valence electrons. The summed E-state index contributed by atoms with van der Waals surface area (Å²) in [6, 6.07) is 7.00. The van der Waals surface area contributed by atoms with Crippen molar-refractivity contribution in [2.75, 3.05) is 18.4 Å². The van der Waals surface area contributed by atoms with Crippen molar-refractivity contribution in [3.8, 4) is 0 Å². The minimum absolute atomic E-state index is 0.0809. The first kappa shape index (κ1) is 19.4. The molecule has 2 amide bonds. The van der Waals surface area contributed by atoms with Crippen LogP contribution < -0.4 is 5.32 Å². The molecule has 1 aliphatic carbocycles. The van der Waals surface area contributed by atoms with Gasteiger partial charge in [-0.25, -0.2) is 0 Å². The number of amides is 2. The van der Waals surface area contributed by atoms with Crippen LogP contribution in [-0.2, 0) is 9.59 Å². The summed E-state index contributed by atoms with van der Waals surface area (Å²) in [7, 11) is 0. The van der Waals surface area contributed by atoms with Crippen LogP contribution in [0.2, 0.25) is 0 Å². The number of nitrogens with one attached hydrogen (secondary N) is 1. The Kier molecular flexibility index (Phi) is 5.82. The van der Waals surface area contributed by atoms with Crippen molar-refractivity contribution in [1.29, 1.82) is 0 Å². The third-order valence-corrected chi connectivity index (χ3v) is 6.24. The summed E-state index contributed by atoms with van der Waals surface area (Å²) in [6.07, 6.45) is 5.93. The van der Waals surface area contributed by atoms with Gasteiger partial charge in [-0.1, -0.05) is 19.8 Å². The summed E-state index contributed by atoms with van der Waals surface area (Å²) in [6.45, 7) is 3.00. The molecule has 0 atom stereocenters. The van der Waals surface area contributed by atoms with Crippen LogP contribution in [0, 0.1) is 11.3 Å². The molecule has 2 aliphatic rings. The Labute approximate surface area is 159 Å². The van der Waals surface area contributed by atoms with Crippen LogP contribution in [-0.4, -0.2) is 40.9 Å². The number of nitrogens with zero attached hydrogens (tertiary/aromatic N) is 1. The van der Waals surface area contributed by atoms with E-state index in [0.29, 0.717) is 37.2 Å². The highest BCUT2D eigenvalue weighted by atomic mass is 16.4. The smallest absolute Gasteiger partial charge is 0.306 e. The van der Waals surface area contributed by atoms with Gasteiger partial charge in [-0.3, -0.25) is 14.4 Å². The van der Waals surface area contributed by atoms with Crippen molar-refractivity contribution in [2.45, 2.75) is 51.9 Å². The van der Waals surface area contributed by atoms with Crippen LogP contribution in [0.25, 0.3) is 0 Å². The average Bonchev–Trinajstić information content (AvgIpc) is 3.18. The molecule has 6 heteroatoms. The zero-order valence-electron chi connectivity index (χ0n) is 15.9. The maximum Gasteiger partial charge on any atom is 0.306 e. The molecule has 1 aliphatic heterocycles. The zero-order valence-corrected chi connectivity index (χ0v) is 15.9. The van der Waals surface area contributed by atoms with E-state index in [1.165, 1.54) is 0 Å². The maximum absolute atomic E-state index is 12.7. The zero-order chi connectivity index (χ0) is 19.4. The van der Waals surface area contributed by atoms with E-state index in [4.69, 9.17) is 5.11 Å². The highest BCUT2D eigenvalue weighted by Gasteiger charge is 2.39. The quantitative estimate of drug-likeness (QED) is 0.828. The SMILES string of the molecule is CCC1(C(=O)Nc2ccc(C(=O)N3CCC(C(=O)O)CC3)cc2)CCCC1. The van der Waals surface area contributed by atoms with Crippen molar-refractivity contribution in [1.82, 2.24) is 4.90 Å². The van der Waals surface area contributed by atoms with E-state index in [1.807, 2.05) is 0 Å². The number of rotatable bonds is 5. The number of anilines is 1. The topological polar surface area (TPSA) is 86.7 Å². The summed E-state index contributed by atoms with van der Waals surface area (Å²) in [4.78, 5) is 38.0. The molecule has 0 unspecified atom stereocenters. The van der Waals surface area contributed by atoms with Crippen LogP contribution in [0.1, 0.15) is 62.2 Å². The van der Waals surface area contributed by atoms with Crippen molar-refractivity contribution in [3.05, 3.63) is 29.8 Å². The third-order valence-electron chi connectivity index (χ3n) is 6.24. The van der Waals surface area contributed by atoms with E-state index in [0.717, 1.165) is 32.1 Å². The lowest BCUT2D eigenvalue weighted by molar-refractivity contribution is -0.143. The fourth-order valence-corrected chi connectivity index (χ4v) is 4.26. The van der Waals surface area contributed by atoms with Crippen LogP contribution in [0.15, 0.2) is 24.3 Å². The summed E-state index contributed by atoms with van der Waals surface area (Å²) in [5, 5.41) is 12.1. The first-order valence-electron chi connectivity index (χ1n) is 9.89. The molecular formula is C21H28N2O4. The van der Waals surface area contributed by atoms with Crippen LogP contribution >= 0.6 is 0 Å². The molecule has 1 saturated carbocycles. The molecule has 6 nitrogen and oxygen atoms in total. The van der Waals surface area contributed by atoms with Gasteiger partial charge in [0.25, 0.3) is 5.91 Å². The minimum Gasteiger partial charge on any atom is -0.481 e. The largest absolute Gasteiger partial charge is 0.481 e. The Morgan fingerprint density at radius 3 is 2.22 bits per heavy atom. The van der Waals surface area contributed by atoms with Crippen LogP contribution in [0.3, 0.4) is 0 Å². The molecule has 1 aromatic carbocycles. The van der Waals surface area contributed by atoms with E-state index in [9.17, 15) is 14.4 Å². The molecule has 0 bridgehead atoms. The Hall–Kier alpha value is -2.37.